The summed E-state index contributed by atoms with van der Waals surface area (Å²) in [6.07, 6.45) is 5.09. The van der Waals surface area contributed by atoms with Crippen molar-refractivity contribution in [2.24, 2.45) is 4.99 Å². The zero-order valence-corrected chi connectivity index (χ0v) is 16.4. The molecule has 1 fully saturated rings. The predicted molar refractivity (Wildman–Crippen MR) is 107 cm³/mol. The van der Waals surface area contributed by atoms with Gasteiger partial charge in [-0.1, -0.05) is 24.3 Å². The van der Waals surface area contributed by atoms with Crippen LogP contribution >= 0.6 is 0 Å². The van der Waals surface area contributed by atoms with Crippen molar-refractivity contribution in [1.29, 1.82) is 0 Å². The molecule has 0 radical (unpaired) electrons. The minimum Gasteiger partial charge on any atom is -0.383 e. The summed E-state index contributed by atoms with van der Waals surface area (Å²) in [5.41, 5.74) is 1.40. The molecule has 0 amide bonds. The van der Waals surface area contributed by atoms with Gasteiger partial charge in [-0.2, -0.15) is 0 Å². The fourth-order valence-corrected chi connectivity index (χ4v) is 3.76. The molecule has 6 heteroatoms. The van der Waals surface area contributed by atoms with Crippen LogP contribution < -0.4 is 10.6 Å². The van der Waals surface area contributed by atoms with E-state index in [1.807, 2.05) is 25.1 Å². The van der Waals surface area contributed by atoms with E-state index >= 15 is 0 Å². The first-order chi connectivity index (χ1) is 13.2. The standard InChI is InChI=1S/C21H33N3O3/c1-2-22-20(23-12-6-13-26-15-18-8-5-14-27-18)24-16-21(25)11-10-17-7-3-4-9-19(17)21/h3-4,7,9,18,25H,2,5-6,8,10-16H2,1H3,(H2,22,23,24). The first-order valence-electron chi connectivity index (χ1n) is 10.2. The van der Waals surface area contributed by atoms with Gasteiger partial charge >= 0.3 is 0 Å². The van der Waals surface area contributed by atoms with E-state index in [0.29, 0.717) is 19.8 Å². The maximum atomic E-state index is 11.0. The third-order valence-electron chi connectivity index (χ3n) is 5.26. The lowest BCUT2D eigenvalue weighted by Gasteiger charge is -2.22. The smallest absolute Gasteiger partial charge is 0.191 e. The highest BCUT2D eigenvalue weighted by atomic mass is 16.5. The SMILES string of the molecule is CCNC(=NCC1(O)CCc2ccccc21)NCCCOCC1CCCO1. The van der Waals surface area contributed by atoms with Crippen LogP contribution in [0.3, 0.4) is 0 Å². The molecule has 2 unspecified atom stereocenters. The van der Waals surface area contributed by atoms with Gasteiger partial charge in [-0.25, -0.2) is 4.99 Å². The Labute approximate surface area is 162 Å². The van der Waals surface area contributed by atoms with Gasteiger partial charge in [0.1, 0.15) is 5.60 Å². The lowest BCUT2D eigenvalue weighted by Crippen LogP contribution is -2.39. The minimum atomic E-state index is -0.858. The van der Waals surface area contributed by atoms with Crippen molar-refractivity contribution >= 4 is 5.96 Å². The molecule has 2 aliphatic rings. The number of fused-ring (bicyclic) bond motifs is 1. The monoisotopic (exact) mass is 375 g/mol. The van der Waals surface area contributed by atoms with E-state index in [2.05, 4.69) is 21.7 Å². The van der Waals surface area contributed by atoms with Gasteiger partial charge < -0.3 is 25.2 Å². The number of benzene rings is 1. The van der Waals surface area contributed by atoms with E-state index in [9.17, 15) is 5.11 Å². The zero-order valence-electron chi connectivity index (χ0n) is 16.4. The third-order valence-corrected chi connectivity index (χ3v) is 5.26. The number of nitrogens with one attached hydrogen (secondary N) is 2. The second-order valence-corrected chi connectivity index (χ2v) is 7.37. The van der Waals surface area contributed by atoms with Crippen LogP contribution in [0.5, 0.6) is 0 Å². The van der Waals surface area contributed by atoms with Crippen LogP contribution in [0.15, 0.2) is 29.3 Å². The van der Waals surface area contributed by atoms with Crippen LogP contribution in [-0.4, -0.2) is 56.6 Å². The Bertz CT molecular complexity index is 616. The molecule has 1 saturated heterocycles. The van der Waals surface area contributed by atoms with Gasteiger partial charge in [-0.05, 0) is 50.2 Å². The zero-order chi connectivity index (χ0) is 19.0. The predicted octanol–water partition coefficient (Wildman–Crippen LogP) is 1.96. The van der Waals surface area contributed by atoms with E-state index in [1.54, 1.807) is 0 Å². The molecule has 2 atom stereocenters. The molecule has 6 nitrogen and oxygen atoms in total. The molecule has 0 spiro atoms. The molecule has 150 valence electrons. The fourth-order valence-electron chi connectivity index (χ4n) is 3.76. The normalized spacial score (nSPS) is 24.8. The highest BCUT2D eigenvalue weighted by Crippen LogP contribution is 2.36. The van der Waals surface area contributed by atoms with E-state index in [1.165, 1.54) is 5.56 Å². The van der Waals surface area contributed by atoms with Crippen molar-refractivity contribution in [3.05, 3.63) is 35.4 Å². The lowest BCUT2D eigenvalue weighted by molar-refractivity contribution is 0.0168. The summed E-state index contributed by atoms with van der Waals surface area (Å²) < 4.78 is 11.2. The second-order valence-electron chi connectivity index (χ2n) is 7.37. The molecule has 3 rings (SSSR count). The Hall–Kier alpha value is -1.63. The molecule has 0 saturated carbocycles. The number of aliphatic hydroxyl groups is 1. The highest BCUT2D eigenvalue weighted by Gasteiger charge is 2.36. The molecule has 3 N–H and O–H groups in total. The van der Waals surface area contributed by atoms with Crippen molar-refractivity contribution in [2.75, 3.05) is 39.5 Å². The molecule has 27 heavy (non-hydrogen) atoms. The molecule has 1 aromatic rings. The molecule has 1 aromatic carbocycles. The Balaban J connectivity index is 1.41. The number of guanidine groups is 1. The van der Waals surface area contributed by atoms with Gasteiger partial charge in [0.2, 0.25) is 0 Å². The summed E-state index contributed by atoms with van der Waals surface area (Å²) in [4.78, 5) is 4.63. The summed E-state index contributed by atoms with van der Waals surface area (Å²) in [6.45, 7) is 6.26. The van der Waals surface area contributed by atoms with Gasteiger partial charge in [-0.3, -0.25) is 0 Å². The summed E-state index contributed by atoms with van der Waals surface area (Å²) in [5.74, 6) is 0.745. The van der Waals surface area contributed by atoms with Gasteiger partial charge in [0.05, 0.1) is 19.3 Å². The lowest BCUT2D eigenvalue weighted by atomic mass is 9.96. The number of aryl methyl sites for hydroxylation is 1. The molecule has 1 aliphatic heterocycles. The van der Waals surface area contributed by atoms with E-state index in [0.717, 1.165) is 63.3 Å². The molecule has 0 aromatic heterocycles. The Morgan fingerprint density at radius 3 is 3.07 bits per heavy atom. The van der Waals surface area contributed by atoms with Gasteiger partial charge in [0, 0.05) is 26.3 Å². The number of ether oxygens (including phenoxy) is 2. The van der Waals surface area contributed by atoms with Gasteiger partial charge in [-0.15, -0.1) is 0 Å². The first-order valence-corrected chi connectivity index (χ1v) is 10.2. The quantitative estimate of drug-likeness (QED) is 0.350. The van der Waals surface area contributed by atoms with Crippen molar-refractivity contribution in [1.82, 2.24) is 10.6 Å². The van der Waals surface area contributed by atoms with Gasteiger partial charge in [0.15, 0.2) is 5.96 Å². The maximum absolute atomic E-state index is 11.0. The highest BCUT2D eigenvalue weighted by molar-refractivity contribution is 5.79. The van der Waals surface area contributed by atoms with Crippen molar-refractivity contribution < 1.29 is 14.6 Å². The molecule has 0 bridgehead atoms. The number of hydrogen-bond donors (Lipinski definition) is 3. The number of aliphatic imine (C=N–C) groups is 1. The van der Waals surface area contributed by atoms with E-state index in [-0.39, 0.29) is 6.10 Å². The molecule has 1 heterocycles. The Morgan fingerprint density at radius 1 is 1.37 bits per heavy atom. The van der Waals surface area contributed by atoms with Crippen LogP contribution in [0, 0.1) is 0 Å². The van der Waals surface area contributed by atoms with Crippen LogP contribution in [-0.2, 0) is 21.5 Å². The van der Waals surface area contributed by atoms with Gasteiger partial charge in [0.25, 0.3) is 0 Å². The van der Waals surface area contributed by atoms with Crippen LogP contribution in [0.2, 0.25) is 0 Å². The van der Waals surface area contributed by atoms with Crippen molar-refractivity contribution in [3.63, 3.8) is 0 Å². The second kappa shape index (κ2) is 10.1. The van der Waals surface area contributed by atoms with E-state index in [4.69, 9.17) is 9.47 Å². The molecular weight excluding hydrogens is 342 g/mol. The largest absolute Gasteiger partial charge is 0.383 e. The Morgan fingerprint density at radius 2 is 2.26 bits per heavy atom. The van der Waals surface area contributed by atoms with E-state index < -0.39 is 5.60 Å². The van der Waals surface area contributed by atoms with Crippen molar-refractivity contribution in [2.45, 2.75) is 50.7 Å². The average molecular weight is 376 g/mol. The van der Waals surface area contributed by atoms with Crippen molar-refractivity contribution in [3.8, 4) is 0 Å². The topological polar surface area (TPSA) is 75.1 Å². The summed E-state index contributed by atoms with van der Waals surface area (Å²) >= 11 is 0. The molecular formula is C21H33N3O3. The summed E-state index contributed by atoms with van der Waals surface area (Å²) in [7, 11) is 0. The fraction of sp³-hybridized carbons (Fsp3) is 0.667. The number of nitrogens with zero attached hydrogens (tertiary/aromatic N) is 1. The summed E-state index contributed by atoms with van der Waals surface area (Å²) in [5, 5.41) is 17.6. The first kappa shape index (κ1) is 20.1. The number of rotatable bonds is 9. The van der Waals surface area contributed by atoms with Crippen LogP contribution in [0.25, 0.3) is 0 Å². The average Bonchev–Trinajstić information content (AvgIpc) is 3.31. The minimum absolute atomic E-state index is 0.284. The molecule has 1 aliphatic carbocycles. The third kappa shape index (κ3) is 5.67. The number of hydrogen-bond acceptors (Lipinski definition) is 4. The van der Waals surface area contributed by atoms with Crippen LogP contribution in [0.1, 0.15) is 43.7 Å². The maximum Gasteiger partial charge on any atom is 0.191 e. The Kier molecular flexibility index (Phi) is 7.50. The summed E-state index contributed by atoms with van der Waals surface area (Å²) in [6, 6.07) is 8.12. The van der Waals surface area contributed by atoms with Crippen LogP contribution in [0.4, 0.5) is 0 Å².